The lowest BCUT2D eigenvalue weighted by Gasteiger charge is -2.07. The first kappa shape index (κ1) is 12.1. The summed E-state index contributed by atoms with van der Waals surface area (Å²) in [7, 11) is 0. The molecule has 1 rings (SSSR count). The van der Waals surface area contributed by atoms with Crippen molar-refractivity contribution in [3.8, 4) is 12.1 Å². The van der Waals surface area contributed by atoms with Crippen LogP contribution >= 0.6 is 11.3 Å². The number of alkyl halides is 3. The predicted molar refractivity (Wildman–Crippen MR) is 52.7 cm³/mol. The van der Waals surface area contributed by atoms with Gasteiger partial charge in [0.1, 0.15) is 34.1 Å². The minimum atomic E-state index is -4.39. The molecule has 0 spiro atoms. The van der Waals surface area contributed by atoms with E-state index in [1.54, 1.807) is 12.1 Å². The van der Waals surface area contributed by atoms with E-state index in [-0.39, 0.29) is 21.1 Å². The van der Waals surface area contributed by atoms with Crippen molar-refractivity contribution in [2.24, 2.45) is 0 Å². The molecule has 0 aromatic carbocycles. The second-order valence-electron chi connectivity index (χ2n) is 2.74. The molecule has 0 aliphatic carbocycles. The second-order valence-corrected chi connectivity index (χ2v) is 3.76. The zero-order chi connectivity index (χ0) is 12.3. The number of nitrogens with one attached hydrogen (secondary N) is 1. The van der Waals surface area contributed by atoms with E-state index < -0.39 is 12.7 Å². The van der Waals surface area contributed by atoms with Gasteiger partial charge >= 0.3 is 6.18 Å². The summed E-state index contributed by atoms with van der Waals surface area (Å²) in [5, 5.41) is 19.3. The van der Waals surface area contributed by atoms with Crippen LogP contribution in [-0.4, -0.2) is 12.7 Å². The molecular weight excluding hydrogens is 241 g/mol. The minimum Gasteiger partial charge on any atom is -0.396 e. The average Bonchev–Trinajstić information content (AvgIpc) is 2.50. The fourth-order valence-corrected chi connectivity index (χ4v) is 1.81. The van der Waals surface area contributed by atoms with Crippen molar-refractivity contribution in [1.29, 1.82) is 10.5 Å². The number of nitrogen functional groups attached to an aromatic ring is 1. The summed E-state index contributed by atoms with van der Waals surface area (Å²) in [6.07, 6.45) is -4.39. The summed E-state index contributed by atoms with van der Waals surface area (Å²) in [5.74, 6) is 0. The van der Waals surface area contributed by atoms with E-state index in [2.05, 4.69) is 0 Å². The molecule has 1 aromatic rings. The number of thiophene rings is 1. The largest absolute Gasteiger partial charge is 0.405 e. The van der Waals surface area contributed by atoms with Gasteiger partial charge in [-0.05, 0) is 0 Å². The Labute approximate surface area is 92.7 Å². The van der Waals surface area contributed by atoms with E-state index >= 15 is 0 Å². The van der Waals surface area contributed by atoms with Gasteiger partial charge in [0.05, 0.1) is 5.69 Å². The van der Waals surface area contributed by atoms with Crippen molar-refractivity contribution >= 4 is 22.0 Å². The van der Waals surface area contributed by atoms with Crippen molar-refractivity contribution in [3.63, 3.8) is 0 Å². The molecule has 0 amide bonds. The summed E-state index contributed by atoms with van der Waals surface area (Å²) in [6, 6.07) is 3.37. The molecule has 84 valence electrons. The second kappa shape index (κ2) is 4.29. The first-order valence-electron chi connectivity index (χ1n) is 3.92. The summed E-state index contributed by atoms with van der Waals surface area (Å²) >= 11 is 0.732. The molecule has 3 N–H and O–H groups in total. The zero-order valence-electron chi connectivity index (χ0n) is 7.72. The highest BCUT2D eigenvalue weighted by atomic mass is 32.1. The van der Waals surface area contributed by atoms with Crippen LogP contribution in [0.25, 0.3) is 0 Å². The number of hydrogen-bond donors (Lipinski definition) is 2. The summed E-state index contributed by atoms with van der Waals surface area (Å²) in [5.41, 5.74) is 5.21. The maximum Gasteiger partial charge on any atom is 0.405 e. The molecule has 16 heavy (non-hydrogen) atoms. The Kier molecular flexibility index (Phi) is 3.25. The lowest BCUT2D eigenvalue weighted by Crippen LogP contribution is -2.21. The van der Waals surface area contributed by atoms with Gasteiger partial charge < -0.3 is 11.1 Å². The van der Waals surface area contributed by atoms with Crippen LogP contribution in [0, 0.1) is 22.7 Å². The molecule has 0 atom stereocenters. The minimum absolute atomic E-state index is 0.0289. The van der Waals surface area contributed by atoms with E-state index in [1.807, 2.05) is 5.32 Å². The van der Waals surface area contributed by atoms with Crippen LogP contribution in [0.15, 0.2) is 0 Å². The smallest absolute Gasteiger partial charge is 0.396 e. The van der Waals surface area contributed by atoms with Crippen LogP contribution < -0.4 is 11.1 Å². The van der Waals surface area contributed by atoms with Crippen LogP contribution in [0.1, 0.15) is 10.4 Å². The Morgan fingerprint density at radius 3 is 2.38 bits per heavy atom. The summed E-state index contributed by atoms with van der Waals surface area (Å²) in [4.78, 5) is 0.0289. The van der Waals surface area contributed by atoms with Crippen LogP contribution in [0.3, 0.4) is 0 Å². The third-order valence-corrected chi connectivity index (χ3v) is 2.68. The van der Waals surface area contributed by atoms with E-state index in [1.165, 1.54) is 0 Å². The normalized spacial score (nSPS) is 10.6. The highest BCUT2D eigenvalue weighted by molar-refractivity contribution is 7.17. The highest BCUT2D eigenvalue weighted by Gasteiger charge is 2.28. The van der Waals surface area contributed by atoms with Gasteiger partial charge in [-0.15, -0.1) is 11.3 Å². The number of nitrogens with two attached hydrogens (primary N) is 1. The Morgan fingerprint density at radius 2 is 1.94 bits per heavy atom. The van der Waals surface area contributed by atoms with Gasteiger partial charge in [-0.2, -0.15) is 23.7 Å². The Morgan fingerprint density at radius 1 is 1.31 bits per heavy atom. The SMILES string of the molecule is N#Cc1sc(NCC(F)(F)F)c(C#N)c1N. The molecule has 0 bridgehead atoms. The van der Waals surface area contributed by atoms with Gasteiger partial charge in [0.25, 0.3) is 0 Å². The third-order valence-electron chi connectivity index (χ3n) is 1.61. The fraction of sp³-hybridized carbons (Fsp3) is 0.250. The maximum atomic E-state index is 11.9. The van der Waals surface area contributed by atoms with Gasteiger partial charge in [-0.1, -0.05) is 0 Å². The highest BCUT2D eigenvalue weighted by Crippen LogP contribution is 2.35. The zero-order valence-corrected chi connectivity index (χ0v) is 8.54. The fourth-order valence-electron chi connectivity index (χ4n) is 0.943. The van der Waals surface area contributed by atoms with E-state index in [4.69, 9.17) is 16.3 Å². The molecule has 8 heteroatoms. The van der Waals surface area contributed by atoms with Crippen molar-refractivity contribution in [2.75, 3.05) is 17.6 Å². The monoisotopic (exact) mass is 246 g/mol. The average molecular weight is 246 g/mol. The molecule has 4 nitrogen and oxygen atoms in total. The topological polar surface area (TPSA) is 85.6 Å². The van der Waals surface area contributed by atoms with Crippen LogP contribution in [0.4, 0.5) is 23.9 Å². The van der Waals surface area contributed by atoms with E-state index in [9.17, 15) is 13.2 Å². The Hall–Kier alpha value is -1.93. The Bertz CT molecular complexity index is 477. The van der Waals surface area contributed by atoms with Gasteiger partial charge in [0, 0.05) is 0 Å². The van der Waals surface area contributed by atoms with Crippen molar-refractivity contribution in [3.05, 3.63) is 10.4 Å². The first-order valence-corrected chi connectivity index (χ1v) is 4.73. The molecule has 0 radical (unpaired) electrons. The quantitative estimate of drug-likeness (QED) is 0.836. The molecule has 1 aromatic heterocycles. The molecule has 1 heterocycles. The van der Waals surface area contributed by atoms with Crippen LogP contribution in [0.5, 0.6) is 0 Å². The van der Waals surface area contributed by atoms with Crippen LogP contribution in [0.2, 0.25) is 0 Å². The van der Waals surface area contributed by atoms with Crippen molar-refractivity contribution in [2.45, 2.75) is 6.18 Å². The number of rotatable bonds is 2. The van der Waals surface area contributed by atoms with Gasteiger partial charge in [0.15, 0.2) is 0 Å². The lowest BCUT2D eigenvalue weighted by molar-refractivity contribution is -0.115. The standard InChI is InChI=1S/C8H5F3N4S/c9-8(10,11)3-15-7-4(1-12)6(14)5(2-13)16-7/h15H,3,14H2. The molecule has 0 saturated carbocycles. The van der Waals surface area contributed by atoms with Gasteiger partial charge in [-0.25, -0.2) is 0 Å². The number of nitrogens with zero attached hydrogens (tertiary/aromatic N) is 2. The molecular formula is C8H5F3N4S. The van der Waals surface area contributed by atoms with Crippen molar-refractivity contribution in [1.82, 2.24) is 0 Å². The third kappa shape index (κ3) is 2.55. The molecule has 0 saturated heterocycles. The Balaban J connectivity index is 2.99. The first-order chi connectivity index (χ1) is 7.39. The number of anilines is 2. The number of hydrogen-bond acceptors (Lipinski definition) is 5. The molecule has 0 unspecified atom stereocenters. The van der Waals surface area contributed by atoms with E-state index in [0.717, 1.165) is 11.3 Å². The molecule has 0 fully saturated rings. The number of halogens is 3. The van der Waals surface area contributed by atoms with Gasteiger partial charge in [0.2, 0.25) is 0 Å². The number of nitriles is 2. The predicted octanol–water partition coefficient (Wildman–Crippen LogP) is 2.05. The summed E-state index contributed by atoms with van der Waals surface area (Å²) in [6.45, 7) is -1.27. The van der Waals surface area contributed by atoms with Crippen molar-refractivity contribution < 1.29 is 13.2 Å². The molecule has 0 aliphatic rings. The lowest BCUT2D eigenvalue weighted by atomic mass is 10.2. The summed E-state index contributed by atoms with van der Waals surface area (Å²) < 4.78 is 35.8. The maximum absolute atomic E-state index is 11.9. The molecule has 0 aliphatic heterocycles. The van der Waals surface area contributed by atoms with Gasteiger partial charge in [-0.3, -0.25) is 0 Å². The van der Waals surface area contributed by atoms with E-state index in [0.29, 0.717) is 0 Å². The van der Waals surface area contributed by atoms with Crippen LogP contribution in [-0.2, 0) is 0 Å².